The summed E-state index contributed by atoms with van der Waals surface area (Å²) in [6, 6.07) is 9.11. The van der Waals surface area contributed by atoms with Crippen molar-refractivity contribution in [1.29, 1.82) is 0 Å². The lowest BCUT2D eigenvalue weighted by molar-refractivity contribution is -0.134. The average Bonchev–Trinajstić information content (AvgIpc) is 2.06. The van der Waals surface area contributed by atoms with E-state index < -0.39 is 0 Å². The Morgan fingerprint density at radius 1 is 1.31 bits per heavy atom. The fourth-order valence-corrected chi connectivity index (χ4v) is 0.875. The maximum Gasteiger partial charge on any atom is 0.311 e. The fourth-order valence-electron chi connectivity index (χ4n) is 0.875. The van der Waals surface area contributed by atoms with Crippen molar-refractivity contribution in [3.63, 3.8) is 0 Å². The molecule has 1 aromatic rings. The highest BCUT2D eigenvalue weighted by molar-refractivity contribution is 5.72. The van der Waals surface area contributed by atoms with Gasteiger partial charge in [0.15, 0.2) is 0 Å². The second kappa shape index (κ2) is 6.20. The zero-order valence-electron chi connectivity index (χ0n) is 7.82. The van der Waals surface area contributed by atoms with Gasteiger partial charge in [0.25, 0.3) is 0 Å². The second-order valence-electron chi connectivity index (χ2n) is 2.54. The van der Waals surface area contributed by atoms with Crippen LogP contribution < -0.4 is 10.9 Å². The fraction of sp³-hybridized carbons (Fsp3) is 0.300. The Balaban J connectivity index is 0.00000144. The second-order valence-corrected chi connectivity index (χ2v) is 2.54. The van der Waals surface area contributed by atoms with Gasteiger partial charge in [0, 0.05) is 6.42 Å². The van der Waals surface area contributed by atoms with E-state index in [1.54, 1.807) is 12.1 Å². The molecule has 3 heteroatoms. The number of esters is 1. The highest BCUT2D eigenvalue weighted by Gasteiger charge is 2.00. The quantitative estimate of drug-likeness (QED) is 0.575. The standard InChI is InChI=1S/C10H12O2.H3N/c1-2-6-10(11)12-9-7-4-3-5-8-9;/h3-5,7-8H,2,6H2,1H3;1H3. The van der Waals surface area contributed by atoms with Gasteiger partial charge in [-0.25, -0.2) is 0 Å². The Kier molecular flexibility index (Phi) is 5.55. The summed E-state index contributed by atoms with van der Waals surface area (Å²) < 4.78 is 5.02. The summed E-state index contributed by atoms with van der Waals surface area (Å²) in [5, 5.41) is 0. The van der Waals surface area contributed by atoms with Crippen molar-refractivity contribution >= 4 is 5.97 Å². The number of carbonyl (C=O) groups excluding carboxylic acids is 1. The summed E-state index contributed by atoms with van der Waals surface area (Å²) >= 11 is 0. The first-order valence-corrected chi connectivity index (χ1v) is 4.08. The predicted octanol–water partition coefficient (Wildman–Crippen LogP) is 2.55. The summed E-state index contributed by atoms with van der Waals surface area (Å²) in [5.74, 6) is 0.458. The first-order valence-electron chi connectivity index (χ1n) is 4.08. The van der Waals surface area contributed by atoms with Crippen molar-refractivity contribution in [2.75, 3.05) is 0 Å². The molecular weight excluding hydrogens is 166 g/mol. The lowest BCUT2D eigenvalue weighted by Crippen LogP contribution is -2.06. The SMILES string of the molecule is CCCC(=O)Oc1ccccc1.N. The van der Waals surface area contributed by atoms with Gasteiger partial charge in [-0.3, -0.25) is 4.79 Å². The highest BCUT2D eigenvalue weighted by Crippen LogP contribution is 2.09. The van der Waals surface area contributed by atoms with Gasteiger partial charge in [-0.05, 0) is 18.6 Å². The number of hydrogen-bond donors (Lipinski definition) is 1. The van der Waals surface area contributed by atoms with E-state index in [9.17, 15) is 4.79 Å². The molecule has 0 fully saturated rings. The minimum atomic E-state index is -0.163. The lowest BCUT2D eigenvalue weighted by Gasteiger charge is -2.01. The highest BCUT2D eigenvalue weighted by atomic mass is 16.5. The summed E-state index contributed by atoms with van der Waals surface area (Å²) in [6.07, 6.45) is 1.31. The summed E-state index contributed by atoms with van der Waals surface area (Å²) in [6.45, 7) is 1.95. The van der Waals surface area contributed by atoms with E-state index in [1.807, 2.05) is 25.1 Å². The van der Waals surface area contributed by atoms with Crippen LogP contribution in [-0.2, 0) is 4.79 Å². The molecule has 0 radical (unpaired) electrons. The van der Waals surface area contributed by atoms with Crippen LogP contribution in [0.3, 0.4) is 0 Å². The van der Waals surface area contributed by atoms with E-state index in [4.69, 9.17) is 4.74 Å². The number of hydrogen-bond acceptors (Lipinski definition) is 3. The molecule has 72 valence electrons. The van der Waals surface area contributed by atoms with Crippen molar-refractivity contribution in [1.82, 2.24) is 6.15 Å². The zero-order valence-corrected chi connectivity index (χ0v) is 7.82. The number of benzene rings is 1. The third kappa shape index (κ3) is 4.28. The van der Waals surface area contributed by atoms with Gasteiger partial charge in [-0.2, -0.15) is 0 Å². The van der Waals surface area contributed by atoms with Gasteiger partial charge in [0.1, 0.15) is 5.75 Å². The van der Waals surface area contributed by atoms with E-state index in [0.717, 1.165) is 6.42 Å². The number of ether oxygens (including phenoxy) is 1. The van der Waals surface area contributed by atoms with Crippen LogP contribution in [0.1, 0.15) is 19.8 Å². The number of rotatable bonds is 3. The van der Waals surface area contributed by atoms with E-state index in [2.05, 4.69) is 0 Å². The molecule has 0 saturated carbocycles. The van der Waals surface area contributed by atoms with Crippen molar-refractivity contribution < 1.29 is 9.53 Å². The van der Waals surface area contributed by atoms with E-state index in [1.165, 1.54) is 0 Å². The van der Waals surface area contributed by atoms with E-state index >= 15 is 0 Å². The Morgan fingerprint density at radius 3 is 2.46 bits per heavy atom. The molecule has 1 aromatic carbocycles. The lowest BCUT2D eigenvalue weighted by atomic mass is 10.3. The Labute approximate surface area is 78.3 Å². The Bertz CT molecular complexity index is 246. The molecule has 0 saturated heterocycles. The molecule has 1 rings (SSSR count). The molecule has 0 spiro atoms. The maximum absolute atomic E-state index is 11.0. The molecule has 0 amide bonds. The maximum atomic E-state index is 11.0. The molecule has 0 bridgehead atoms. The smallest absolute Gasteiger partial charge is 0.311 e. The van der Waals surface area contributed by atoms with Crippen LogP contribution in [0, 0.1) is 0 Å². The molecular formula is C10H15NO2. The van der Waals surface area contributed by atoms with Crippen molar-refractivity contribution in [3.05, 3.63) is 30.3 Å². The molecule has 0 aliphatic rings. The van der Waals surface area contributed by atoms with Crippen LogP contribution in [0.25, 0.3) is 0 Å². The van der Waals surface area contributed by atoms with Gasteiger partial charge >= 0.3 is 5.97 Å². The first-order chi connectivity index (χ1) is 5.83. The molecule has 0 aromatic heterocycles. The molecule has 0 heterocycles. The van der Waals surface area contributed by atoms with Crippen LogP contribution in [0.5, 0.6) is 5.75 Å². The topological polar surface area (TPSA) is 61.3 Å². The van der Waals surface area contributed by atoms with Gasteiger partial charge in [0.2, 0.25) is 0 Å². The molecule has 0 unspecified atom stereocenters. The largest absolute Gasteiger partial charge is 0.427 e. The van der Waals surface area contributed by atoms with Gasteiger partial charge in [-0.1, -0.05) is 25.1 Å². The minimum absolute atomic E-state index is 0. The normalized spacial score (nSPS) is 8.69. The van der Waals surface area contributed by atoms with Crippen molar-refractivity contribution in [2.45, 2.75) is 19.8 Å². The summed E-state index contributed by atoms with van der Waals surface area (Å²) in [7, 11) is 0. The molecule has 0 aliphatic heterocycles. The van der Waals surface area contributed by atoms with E-state index in [-0.39, 0.29) is 12.1 Å². The third-order valence-electron chi connectivity index (χ3n) is 1.43. The molecule has 0 aliphatic carbocycles. The molecule has 3 nitrogen and oxygen atoms in total. The predicted molar refractivity (Wildman–Crippen MR) is 52.0 cm³/mol. The summed E-state index contributed by atoms with van der Waals surface area (Å²) in [5.41, 5.74) is 0. The van der Waals surface area contributed by atoms with Crippen molar-refractivity contribution in [2.24, 2.45) is 0 Å². The Morgan fingerprint density at radius 2 is 1.92 bits per heavy atom. The van der Waals surface area contributed by atoms with Crippen molar-refractivity contribution in [3.8, 4) is 5.75 Å². The first kappa shape index (κ1) is 11.6. The number of para-hydroxylation sites is 1. The molecule has 3 N–H and O–H groups in total. The average molecular weight is 181 g/mol. The Hall–Kier alpha value is -1.35. The van der Waals surface area contributed by atoms with Crippen LogP contribution >= 0.6 is 0 Å². The molecule has 13 heavy (non-hydrogen) atoms. The van der Waals surface area contributed by atoms with Gasteiger partial charge < -0.3 is 10.9 Å². The third-order valence-corrected chi connectivity index (χ3v) is 1.43. The van der Waals surface area contributed by atoms with Crippen LogP contribution in [-0.4, -0.2) is 5.97 Å². The van der Waals surface area contributed by atoms with Crippen LogP contribution in [0.2, 0.25) is 0 Å². The number of carbonyl (C=O) groups is 1. The van der Waals surface area contributed by atoms with Crippen LogP contribution in [0.4, 0.5) is 0 Å². The zero-order chi connectivity index (χ0) is 8.81. The summed E-state index contributed by atoms with van der Waals surface area (Å²) in [4.78, 5) is 11.0. The van der Waals surface area contributed by atoms with Crippen LogP contribution in [0.15, 0.2) is 30.3 Å². The molecule has 0 atom stereocenters. The van der Waals surface area contributed by atoms with Gasteiger partial charge in [-0.15, -0.1) is 0 Å². The monoisotopic (exact) mass is 181 g/mol. The van der Waals surface area contributed by atoms with E-state index in [0.29, 0.717) is 12.2 Å². The minimum Gasteiger partial charge on any atom is -0.427 e. The van der Waals surface area contributed by atoms with Gasteiger partial charge in [0.05, 0.1) is 0 Å².